The van der Waals surface area contributed by atoms with E-state index in [9.17, 15) is 4.79 Å². The molecule has 0 aliphatic heterocycles. The van der Waals surface area contributed by atoms with E-state index in [1.807, 2.05) is 31.3 Å². The largest absolute Gasteiger partial charge is 0.351 e. The average molecular weight is 332 g/mol. The van der Waals surface area contributed by atoms with Crippen LogP contribution >= 0.6 is 11.6 Å². The van der Waals surface area contributed by atoms with Crippen LogP contribution in [-0.2, 0) is 17.8 Å². The molecule has 0 spiro atoms. The first kappa shape index (κ1) is 17.5. The van der Waals surface area contributed by atoms with Crippen molar-refractivity contribution in [2.45, 2.75) is 19.9 Å². The van der Waals surface area contributed by atoms with Crippen LogP contribution in [0.4, 0.5) is 0 Å². The van der Waals surface area contributed by atoms with Crippen molar-refractivity contribution < 1.29 is 9.69 Å². The summed E-state index contributed by atoms with van der Waals surface area (Å²) in [6, 6.07) is 16.2. The fourth-order valence-corrected chi connectivity index (χ4v) is 2.71. The lowest BCUT2D eigenvalue weighted by Gasteiger charge is -2.14. The number of rotatable bonds is 7. The van der Waals surface area contributed by atoms with E-state index < -0.39 is 0 Å². The second-order valence-electron chi connectivity index (χ2n) is 6.03. The molecule has 4 heteroatoms. The summed E-state index contributed by atoms with van der Waals surface area (Å²) >= 11 is 5.95. The number of likely N-dealkylation sites (N-methyl/N-ethyl adjacent to an activating group) is 1. The lowest BCUT2D eigenvalue weighted by molar-refractivity contribution is -0.885. The molecule has 0 heterocycles. The minimum absolute atomic E-state index is 0.0802. The average Bonchev–Trinajstić information content (AvgIpc) is 2.49. The standard InChI is InChI=1S/C19H23ClN2O/c1-15-6-8-17(9-7-15)13-22(2)14-19(23)21-11-10-16-4-3-5-18(20)12-16/h3-9,12H,10-11,13-14H2,1-2H3,(H,21,23)/p+1. The number of hydrogen-bond acceptors (Lipinski definition) is 1. The number of nitrogens with one attached hydrogen (secondary N) is 2. The van der Waals surface area contributed by atoms with Crippen molar-refractivity contribution in [3.8, 4) is 0 Å². The van der Waals surface area contributed by atoms with Crippen LogP contribution in [0, 0.1) is 6.92 Å². The van der Waals surface area contributed by atoms with Gasteiger partial charge in [-0.25, -0.2) is 0 Å². The maximum atomic E-state index is 12.0. The summed E-state index contributed by atoms with van der Waals surface area (Å²) < 4.78 is 0. The quantitative estimate of drug-likeness (QED) is 0.799. The topological polar surface area (TPSA) is 33.5 Å². The van der Waals surface area contributed by atoms with Crippen LogP contribution in [0.2, 0.25) is 5.02 Å². The first-order valence-corrected chi connectivity index (χ1v) is 8.29. The van der Waals surface area contributed by atoms with Gasteiger partial charge < -0.3 is 10.2 Å². The molecule has 0 radical (unpaired) electrons. The third kappa shape index (κ3) is 6.43. The number of benzene rings is 2. The van der Waals surface area contributed by atoms with Crippen LogP contribution in [-0.4, -0.2) is 26.0 Å². The van der Waals surface area contributed by atoms with Gasteiger partial charge in [0.15, 0.2) is 6.54 Å². The van der Waals surface area contributed by atoms with Gasteiger partial charge in [-0.15, -0.1) is 0 Å². The van der Waals surface area contributed by atoms with Gasteiger partial charge in [0.2, 0.25) is 0 Å². The normalized spacial score (nSPS) is 12.0. The van der Waals surface area contributed by atoms with Gasteiger partial charge in [-0.05, 0) is 31.0 Å². The second kappa shape index (κ2) is 8.70. The summed E-state index contributed by atoms with van der Waals surface area (Å²) in [4.78, 5) is 13.2. The number of hydrogen-bond donors (Lipinski definition) is 2. The Bertz CT molecular complexity index is 640. The molecule has 2 aromatic carbocycles. The van der Waals surface area contributed by atoms with E-state index in [2.05, 4.69) is 36.5 Å². The van der Waals surface area contributed by atoms with Crippen LogP contribution in [0.1, 0.15) is 16.7 Å². The van der Waals surface area contributed by atoms with Crippen molar-refractivity contribution in [2.24, 2.45) is 0 Å². The number of carbonyl (C=O) groups excluding carboxylic acids is 1. The number of quaternary nitrogens is 1. The molecule has 0 aliphatic carbocycles. The van der Waals surface area contributed by atoms with Crippen molar-refractivity contribution in [2.75, 3.05) is 20.1 Å². The molecule has 23 heavy (non-hydrogen) atoms. The summed E-state index contributed by atoms with van der Waals surface area (Å²) in [5.41, 5.74) is 3.64. The highest BCUT2D eigenvalue weighted by Gasteiger charge is 2.10. The molecule has 0 saturated carbocycles. The van der Waals surface area contributed by atoms with Crippen molar-refractivity contribution >= 4 is 17.5 Å². The Balaban J connectivity index is 1.70. The smallest absolute Gasteiger partial charge is 0.275 e. The van der Waals surface area contributed by atoms with Gasteiger partial charge in [0.1, 0.15) is 6.54 Å². The number of aryl methyl sites for hydroxylation is 1. The zero-order valence-electron chi connectivity index (χ0n) is 13.7. The Hall–Kier alpha value is -1.84. The second-order valence-corrected chi connectivity index (χ2v) is 6.46. The van der Waals surface area contributed by atoms with Crippen LogP contribution in [0.3, 0.4) is 0 Å². The molecule has 3 nitrogen and oxygen atoms in total. The highest BCUT2D eigenvalue weighted by Crippen LogP contribution is 2.10. The summed E-state index contributed by atoms with van der Waals surface area (Å²) in [5.74, 6) is 0.0802. The van der Waals surface area contributed by atoms with Crippen molar-refractivity contribution in [1.82, 2.24) is 5.32 Å². The molecule has 0 fully saturated rings. The molecule has 0 bridgehead atoms. The molecule has 0 saturated heterocycles. The van der Waals surface area contributed by atoms with E-state index in [1.165, 1.54) is 16.0 Å². The van der Waals surface area contributed by atoms with Crippen LogP contribution in [0.5, 0.6) is 0 Å². The molecule has 2 rings (SSSR count). The van der Waals surface area contributed by atoms with Gasteiger partial charge in [-0.1, -0.05) is 53.6 Å². The van der Waals surface area contributed by atoms with Gasteiger partial charge in [0.05, 0.1) is 7.05 Å². The zero-order chi connectivity index (χ0) is 16.7. The molecule has 0 aliphatic rings. The van der Waals surface area contributed by atoms with Gasteiger partial charge in [0.25, 0.3) is 5.91 Å². The van der Waals surface area contributed by atoms with E-state index in [1.54, 1.807) is 0 Å². The van der Waals surface area contributed by atoms with Crippen LogP contribution in [0.15, 0.2) is 48.5 Å². The Kier molecular flexibility index (Phi) is 6.63. The minimum atomic E-state index is 0.0802. The molecular formula is C19H24ClN2O+. The molecule has 2 aromatic rings. The molecule has 122 valence electrons. The van der Waals surface area contributed by atoms with Crippen molar-refractivity contribution in [1.29, 1.82) is 0 Å². The third-order valence-corrected chi connectivity index (χ3v) is 3.95. The summed E-state index contributed by atoms with van der Waals surface area (Å²) in [5, 5.41) is 3.71. The highest BCUT2D eigenvalue weighted by molar-refractivity contribution is 6.30. The van der Waals surface area contributed by atoms with Gasteiger partial charge in [0, 0.05) is 17.1 Å². The van der Waals surface area contributed by atoms with Gasteiger partial charge in [-0.2, -0.15) is 0 Å². The van der Waals surface area contributed by atoms with E-state index in [0.717, 1.165) is 23.6 Å². The van der Waals surface area contributed by atoms with Gasteiger partial charge >= 0.3 is 0 Å². The Morgan fingerprint density at radius 2 is 1.87 bits per heavy atom. The first-order chi connectivity index (χ1) is 11.0. The fourth-order valence-electron chi connectivity index (χ4n) is 2.49. The highest BCUT2D eigenvalue weighted by atomic mass is 35.5. The fraction of sp³-hybridized carbons (Fsp3) is 0.316. The molecule has 0 aromatic heterocycles. The van der Waals surface area contributed by atoms with Crippen molar-refractivity contribution in [3.63, 3.8) is 0 Å². The summed E-state index contributed by atoms with van der Waals surface area (Å²) in [6.45, 7) is 4.04. The van der Waals surface area contributed by atoms with E-state index in [0.29, 0.717) is 13.1 Å². The number of halogens is 1. The molecule has 1 atom stereocenters. The monoisotopic (exact) mass is 331 g/mol. The Morgan fingerprint density at radius 1 is 1.13 bits per heavy atom. The third-order valence-electron chi connectivity index (χ3n) is 3.71. The lowest BCUT2D eigenvalue weighted by atomic mass is 10.1. The maximum Gasteiger partial charge on any atom is 0.275 e. The Morgan fingerprint density at radius 3 is 2.57 bits per heavy atom. The zero-order valence-corrected chi connectivity index (χ0v) is 14.5. The predicted molar refractivity (Wildman–Crippen MR) is 94.8 cm³/mol. The minimum Gasteiger partial charge on any atom is -0.351 e. The Labute approximate surface area is 143 Å². The molecule has 1 amide bonds. The van der Waals surface area contributed by atoms with Gasteiger partial charge in [-0.3, -0.25) is 4.79 Å². The molecular weight excluding hydrogens is 308 g/mol. The summed E-state index contributed by atoms with van der Waals surface area (Å²) in [7, 11) is 2.04. The number of carbonyl (C=O) groups is 1. The van der Waals surface area contributed by atoms with E-state index >= 15 is 0 Å². The van der Waals surface area contributed by atoms with E-state index in [4.69, 9.17) is 11.6 Å². The predicted octanol–water partition coefficient (Wildman–Crippen LogP) is 2.02. The maximum absolute atomic E-state index is 12.0. The van der Waals surface area contributed by atoms with Crippen molar-refractivity contribution in [3.05, 3.63) is 70.2 Å². The number of amides is 1. The lowest BCUT2D eigenvalue weighted by Crippen LogP contribution is -3.08. The SMILES string of the molecule is Cc1ccc(C[NH+](C)CC(=O)NCCc2cccc(Cl)c2)cc1. The van der Waals surface area contributed by atoms with Crippen LogP contribution in [0.25, 0.3) is 0 Å². The van der Waals surface area contributed by atoms with Crippen LogP contribution < -0.4 is 10.2 Å². The molecule has 1 unspecified atom stereocenters. The first-order valence-electron chi connectivity index (χ1n) is 7.91. The molecule has 2 N–H and O–H groups in total. The van der Waals surface area contributed by atoms with E-state index in [-0.39, 0.29) is 5.91 Å². The summed E-state index contributed by atoms with van der Waals surface area (Å²) in [6.07, 6.45) is 0.795.